The molecule has 1 saturated carbocycles. The van der Waals surface area contributed by atoms with Gasteiger partial charge in [-0.25, -0.2) is 4.79 Å². The zero-order chi connectivity index (χ0) is 15.8. The Balaban J connectivity index is 0.00000264. The Hall–Kier alpha value is -1.57. The van der Waals surface area contributed by atoms with Gasteiger partial charge >= 0.3 is 5.97 Å². The van der Waals surface area contributed by atoms with Crippen LogP contribution in [0.25, 0.3) is 0 Å². The van der Waals surface area contributed by atoms with Crippen LogP contribution in [0.3, 0.4) is 0 Å². The molecule has 1 aliphatic carbocycles. The molecule has 0 aromatic heterocycles. The van der Waals surface area contributed by atoms with Gasteiger partial charge < -0.3 is 4.74 Å². The molecule has 1 aliphatic rings. The Morgan fingerprint density at radius 3 is 2.32 bits per heavy atom. The number of rotatable bonds is 7. The molecule has 0 N–H and O–H groups in total. The third-order valence-corrected chi connectivity index (χ3v) is 4.81. The van der Waals surface area contributed by atoms with Crippen molar-refractivity contribution in [2.24, 2.45) is 11.8 Å². The summed E-state index contributed by atoms with van der Waals surface area (Å²) < 4.78 is 5.09. The van der Waals surface area contributed by atoms with Crippen LogP contribution in [0.15, 0.2) is 36.9 Å². The standard InChI is InChI=1S/C20H28O2.H2/c1-3-5-16-6-8-17(9-7-16)10-11-18-12-14-19(15-13-18)22-20(21)4-2;/h4,12-17H,2-3,5-11H2,1H3;1H. The maximum absolute atomic E-state index is 11.1. The van der Waals surface area contributed by atoms with Crippen molar-refractivity contribution >= 4 is 5.97 Å². The van der Waals surface area contributed by atoms with Crippen LogP contribution in [0.1, 0.15) is 58.9 Å². The highest BCUT2D eigenvalue weighted by molar-refractivity contribution is 5.83. The number of hydrogen-bond donors (Lipinski definition) is 0. The van der Waals surface area contributed by atoms with Crippen molar-refractivity contribution in [2.75, 3.05) is 0 Å². The normalized spacial score (nSPS) is 21.3. The molecule has 2 nitrogen and oxygen atoms in total. The van der Waals surface area contributed by atoms with Crippen molar-refractivity contribution in [2.45, 2.75) is 58.3 Å². The summed E-state index contributed by atoms with van der Waals surface area (Å²) in [5.74, 6) is 2.07. The van der Waals surface area contributed by atoms with E-state index in [4.69, 9.17) is 4.74 Å². The minimum absolute atomic E-state index is 0. The van der Waals surface area contributed by atoms with E-state index in [1.165, 1.54) is 56.6 Å². The van der Waals surface area contributed by atoms with Crippen LogP contribution < -0.4 is 4.74 Å². The number of carbonyl (C=O) groups is 1. The Bertz CT molecular complexity index is 473. The molecule has 2 rings (SSSR count). The number of hydrogen-bond acceptors (Lipinski definition) is 2. The molecule has 0 aliphatic heterocycles. The molecule has 0 heterocycles. The van der Waals surface area contributed by atoms with Gasteiger partial charge in [0.1, 0.15) is 5.75 Å². The fourth-order valence-corrected chi connectivity index (χ4v) is 3.47. The fraction of sp³-hybridized carbons (Fsp3) is 0.550. The first-order valence-corrected chi connectivity index (χ1v) is 8.64. The molecule has 1 aromatic rings. The van der Waals surface area contributed by atoms with Crippen LogP contribution >= 0.6 is 0 Å². The lowest BCUT2D eigenvalue weighted by molar-refractivity contribution is -0.128. The van der Waals surface area contributed by atoms with Gasteiger partial charge in [-0.3, -0.25) is 0 Å². The molecule has 0 bridgehead atoms. The average molecular weight is 302 g/mol. The SMILES string of the molecule is C=CC(=O)Oc1ccc(CCC2CCC(CCC)CC2)cc1.[HH]. The minimum Gasteiger partial charge on any atom is -0.423 e. The molecule has 1 aromatic carbocycles. The second-order valence-electron chi connectivity index (χ2n) is 6.48. The topological polar surface area (TPSA) is 26.3 Å². The summed E-state index contributed by atoms with van der Waals surface area (Å²) in [6.07, 6.45) is 12.0. The van der Waals surface area contributed by atoms with E-state index >= 15 is 0 Å². The van der Waals surface area contributed by atoms with E-state index in [9.17, 15) is 4.79 Å². The first-order chi connectivity index (χ1) is 10.7. The van der Waals surface area contributed by atoms with Crippen LogP contribution in [0.2, 0.25) is 0 Å². The molecule has 2 heteroatoms. The van der Waals surface area contributed by atoms with Gasteiger partial charge in [0.05, 0.1) is 0 Å². The van der Waals surface area contributed by atoms with Crippen LogP contribution in [0, 0.1) is 11.8 Å². The third-order valence-electron chi connectivity index (χ3n) is 4.81. The lowest BCUT2D eigenvalue weighted by atomic mass is 9.78. The van der Waals surface area contributed by atoms with Crippen LogP contribution in [0.4, 0.5) is 0 Å². The Morgan fingerprint density at radius 2 is 1.77 bits per heavy atom. The van der Waals surface area contributed by atoms with Gasteiger partial charge in [0.15, 0.2) is 0 Å². The summed E-state index contributed by atoms with van der Waals surface area (Å²) in [4.78, 5) is 11.1. The quantitative estimate of drug-likeness (QED) is 0.374. The molecular formula is C20H30O2. The molecule has 0 saturated heterocycles. The van der Waals surface area contributed by atoms with E-state index in [1.54, 1.807) is 0 Å². The van der Waals surface area contributed by atoms with Crippen LogP contribution in [-0.4, -0.2) is 5.97 Å². The first kappa shape index (κ1) is 16.8. The van der Waals surface area contributed by atoms with Crippen molar-refractivity contribution < 1.29 is 11.0 Å². The van der Waals surface area contributed by atoms with Gasteiger partial charge in [-0.2, -0.15) is 0 Å². The lowest BCUT2D eigenvalue weighted by Gasteiger charge is -2.28. The largest absolute Gasteiger partial charge is 0.423 e. The van der Waals surface area contributed by atoms with Crippen molar-refractivity contribution in [1.29, 1.82) is 0 Å². The monoisotopic (exact) mass is 302 g/mol. The van der Waals surface area contributed by atoms with Gasteiger partial charge in [0.25, 0.3) is 0 Å². The number of esters is 1. The van der Waals surface area contributed by atoms with E-state index in [2.05, 4.69) is 25.6 Å². The predicted octanol–water partition coefficient (Wildman–Crippen LogP) is 5.56. The third kappa shape index (κ3) is 5.32. The number of benzene rings is 1. The molecule has 122 valence electrons. The summed E-state index contributed by atoms with van der Waals surface area (Å²) in [5.41, 5.74) is 1.33. The summed E-state index contributed by atoms with van der Waals surface area (Å²) in [6, 6.07) is 7.87. The summed E-state index contributed by atoms with van der Waals surface area (Å²) >= 11 is 0. The van der Waals surface area contributed by atoms with Crippen molar-refractivity contribution in [3.8, 4) is 5.75 Å². The predicted molar refractivity (Wildman–Crippen MR) is 93.1 cm³/mol. The molecule has 0 atom stereocenters. The Morgan fingerprint density at radius 1 is 1.18 bits per heavy atom. The van der Waals surface area contributed by atoms with Crippen molar-refractivity contribution in [1.82, 2.24) is 0 Å². The van der Waals surface area contributed by atoms with Gasteiger partial charge in [0.2, 0.25) is 0 Å². The average Bonchev–Trinajstić information content (AvgIpc) is 2.56. The highest BCUT2D eigenvalue weighted by Gasteiger charge is 2.20. The number of aryl methyl sites for hydroxylation is 1. The summed E-state index contributed by atoms with van der Waals surface area (Å²) in [5, 5.41) is 0. The number of carbonyl (C=O) groups excluding carboxylic acids is 1. The molecule has 0 radical (unpaired) electrons. The zero-order valence-corrected chi connectivity index (χ0v) is 13.7. The second kappa shape index (κ2) is 8.77. The van der Waals surface area contributed by atoms with Gasteiger partial charge in [-0.15, -0.1) is 0 Å². The second-order valence-corrected chi connectivity index (χ2v) is 6.48. The van der Waals surface area contributed by atoms with Gasteiger partial charge in [-0.05, 0) is 42.4 Å². The molecule has 1 fully saturated rings. The maximum Gasteiger partial charge on any atom is 0.335 e. The van der Waals surface area contributed by atoms with Crippen LogP contribution in [-0.2, 0) is 11.2 Å². The number of ether oxygens (including phenoxy) is 1. The first-order valence-electron chi connectivity index (χ1n) is 8.64. The smallest absolute Gasteiger partial charge is 0.335 e. The zero-order valence-electron chi connectivity index (χ0n) is 13.7. The van der Waals surface area contributed by atoms with Gasteiger partial charge in [-0.1, -0.05) is 64.2 Å². The molecule has 0 unspecified atom stereocenters. The molecule has 22 heavy (non-hydrogen) atoms. The molecular weight excluding hydrogens is 272 g/mol. The lowest BCUT2D eigenvalue weighted by Crippen LogP contribution is -2.15. The maximum atomic E-state index is 11.1. The Kier molecular flexibility index (Phi) is 6.70. The van der Waals surface area contributed by atoms with E-state index in [1.807, 2.05) is 12.1 Å². The van der Waals surface area contributed by atoms with Crippen molar-refractivity contribution in [3.63, 3.8) is 0 Å². The van der Waals surface area contributed by atoms with E-state index in [-0.39, 0.29) is 1.43 Å². The summed E-state index contributed by atoms with van der Waals surface area (Å²) in [6.45, 7) is 5.69. The highest BCUT2D eigenvalue weighted by Crippen LogP contribution is 2.33. The van der Waals surface area contributed by atoms with Crippen molar-refractivity contribution in [3.05, 3.63) is 42.5 Å². The van der Waals surface area contributed by atoms with Crippen LogP contribution in [0.5, 0.6) is 5.75 Å². The fourth-order valence-electron chi connectivity index (χ4n) is 3.47. The van der Waals surface area contributed by atoms with E-state index in [0.29, 0.717) is 5.75 Å². The molecule has 0 amide bonds. The highest BCUT2D eigenvalue weighted by atomic mass is 16.5. The Labute approximate surface area is 136 Å². The minimum atomic E-state index is -0.406. The van der Waals surface area contributed by atoms with Gasteiger partial charge in [0, 0.05) is 7.50 Å². The van der Waals surface area contributed by atoms with E-state index in [0.717, 1.165) is 18.3 Å². The summed E-state index contributed by atoms with van der Waals surface area (Å²) in [7, 11) is 0. The molecule has 0 spiro atoms. The van der Waals surface area contributed by atoms with E-state index < -0.39 is 5.97 Å².